The Morgan fingerprint density at radius 1 is 1.46 bits per heavy atom. The summed E-state index contributed by atoms with van der Waals surface area (Å²) < 4.78 is 25.6. The van der Waals surface area contributed by atoms with Gasteiger partial charge < -0.3 is 10.2 Å². The molecule has 0 aromatic rings. The lowest BCUT2D eigenvalue weighted by Crippen LogP contribution is -2.55. The Morgan fingerprint density at radius 3 is 2.77 bits per heavy atom. The van der Waals surface area contributed by atoms with Crippen LogP contribution in [0.25, 0.3) is 0 Å². The summed E-state index contributed by atoms with van der Waals surface area (Å²) in [5, 5.41) is 2.28. The van der Waals surface area contributed by atoms with E-state index in [-0.39, 0.29) is 6.54 Å². The Bertz CT molecular complexity index is 254. The van der Waals surface area contributed by atoms with E-state index in [1.165, 1.54) is 0 Å². The Balaban J connectivity index is 2.24. The van der Waals surface area contributed by atoms with Gasteiger partial charge in [0.15, 0.2) is 0 Å². The molecule has 0 aromatic carbocycles. The highest BCUT2D eigenvalue weighted by Gasteiger charge is 2.51. The van der Waals surface area contributed by atoms with Crippen LogP contribution >= 0.6 is 0 Å². The molecule has 2 rings (SSSR count). The molecule has 2 aliphatic rings. The minimum Gasteiger partial charge on any atom is -0.345 e. The third kappa shape index (κ3) is 1.26. The topological polar surface area (TPSA) is 49.4 Å². The molecule has 0 saturated carbocycles. The minimum atomic E-state index is -2.91. The van der Waals surface area contributed by atoms with Crippen LogP contribution in [0, 0.1) is 0 Å². The van der Waals surface area contributed by atoms with Crippen LogP contribution in [-0.2, 0) is 9.59 Å². The fraction of sp³-hybridized carbons (Fsp3) is 0.714. The first-order valence-electron chi connectivity index (χ1n) is 3.95. The van der Waals surface area contributed by atoms with Gasteiger partial charge in [0.05, 0.1) is 13.1 Å². The molecule has 2 amide bonds. The van der Waals surface area contributed by atoms with Gasteiger partial charge in [0.1, 0.15) is 6.04 Å². The predicted molar refractivity (Wildman–Crippen MR) is 38.1 cm³/mol. The van der Waals surface area contributed by atoms with Crippen molar-refractivity contribution in [3.05, 3.63) is 0 Å². The van der Waals surface area contributed by atoms with E-state index >= 15 is 0 Å². The third-order valence-corrected chi connectivity index (χ3v) is 2.31. The van der Waals surface area contributed by atoms with Crippen molar-refractivity contribution in [2.24, 2.45) is 0 Å². The number of nitrogens with one attached hydrogen (secondary N) is 1. The lowest BCUT2D eigenvalue weighted by molar-refractivity contribution is -0.143. The van der Waals surface area contributed by atoms with E-state index in [2.05, 4.69) is 5.32 Å². The van der Waals surface area contributed by atoms with Crippen molar-refractivity contribution in [2.75, 3.05) is 13.1 Å². The largest absolute Gasteiger partial charge is 0.345 e. The SMILES string of the molecule is O=C1NCC(=O)N2CC(F)(F)CC12. The molecule has 72 valence electrons. The summed E-state index contributed by atoms with van der Waals surface area (Å²) in [5.74, 6) is -3.82. The van der Waals surface area contributed by atoms with Crippen molar-refractivity contribution >= 4 is 11.8 Å². The van der Waals surface area contributed by atoms with Gasteiger partial charge in [-0.2, -0.15) is 0 Å². The van der Waals surface area contributed by atoms with Gasteiger partial charge in [0, 0.05) is 6.42 Å². The number of hydrogen-bond acceptors (Lipinski definition) is 2. The first-order chi connectivity index (χ1) is 5.99. The fourth-order valence-electron chi connectivity index (χ4n) is 1.70. The summed E-state index contributed by atoms with van der Waals surface area (Å²) in [6.45, 7) is -0.782. The van der Waals surface area contributed by atoms with Gasteiger partial charge in [-0.25, -0.2) is 8.78 Å². The smallest absolute Gasteiger partial charge is 0.267 e. The van der Waals surface area contributed by atoms with Crippen molar-refractivity contribution in [1.82, 2.24) is 10.2 Å². The van der Waals surface area contributed by atoms with Crippen molar-refractivity contribution in [3.8, 4) is 0 Å². The highest BCUT2D eigenvalue weighted by molar-refractivity contribution is 5.95. The lowest BCUT2D eigenvalue weighted by Gasteiger charge is -2.27. The average molecular weight is 190 g/mol. The number of nitrogens with zero attached hydrogens (tertiary/aromatic N) is 1. The zero-order chi connectivity index (χ0) is 9.64. The number of fused-ring (bicyclic) bond motifs is 1. The van der Waals surface area contributed by atoms with Crippen LogP contribution in [0.5, 0.6) is 0 Å². The molecule has 1 atom stereocenters. The number of piperazine rings is 1. The van der Waals surface area contributed by atoms with Gasteiger partial charge in [-0.3, -0.25) is 9.59 Å². The third-order valence-electron chi connectivity index (χ3n) is 2.31. The number of rotatable bonds is 0. The molecule has 13 heavy (non-hydrogen) atoms. The monoisotopic (exact) mass is 190 g/mol. The summed E-state index contributed by atoms with van der Waals surface area (Å²) in [5.41, 5.74) is 0. The van der Waals surface area contributed by atoms with E-state index in [1.807, 2.05) is 0 Å². The Hall–Kier alpha value is -1.20. The molecule has 0 spiro atoms. The van der Waals surface area contributed by atoms with Crippen LogP contribution in [0.2, 0.25) is 0 Å². The summed E-state index contributed by atoms with van der Waals surface area (Å²) in [6, 6.07) is -0.962. The van der Waals surface area contributed by atoms with E-state index < -0.39 is 36.7 Å². The van der Waals surface area contributed by atoms with Gasteiger partial charge in [-0.15, -0.1) is 0 Å². The van der Waals surface area contributed by atoms with Gasteiger partial charge in [0.2, 0.25) is 11.8 Å². The quantitative estimate of drug-likeness (QED) is 0.552. The summed E-state index contributed by atoms with van der Waals surface area (Å²) in [4.78, 5) is 23.1. The maximum absolute atomic E-state index is 12.8. The van der Waals surface area contributed by atoms with Crippen molar-refractivity contribution in [1.29, 1.82) is 0 Å². The predicted octanol–water partition coefficient (Wildman–Crippen LogP) is -0.648. The molecule has 2 aliphatic heterocycles. The summed E-state index contributed by atoms with van der Waals surface area (Å²) in [7, 11) is 0. The first kappa shape index (κ1) is 8.40. The minimum absolute atomic E-state index is 0.161. The van der Waals surface area contributed by atoms with E-state index in [4.69, 9.17) is 0 Å². The number of carbonyl (C=O) groups excluding carboxylic acids is 2. The van der Waals surface area contributed by atoms with Crippen molar-refractivity contribution in [3.63, 3.8) is 0 Å². The zero-order valence-corrected chi connectivity index (χ0v) is 6.72. The first-order valence-corrected chi connectivity index (χ1v) is 3.95. The van der Waals surface area contributed by atoms with Crippen LogP contribution in [0.4, 0.5) is 8.78 Å². The van der Waals surface area contributed by atoms with Gasteiger partial charge in [0.25, 0.3) is 5.92 Å². The maximum atomic E-state index is 12.8. The Labute approximate surface area is 72.9 Å². The molecule has 2 heterocycles. The molecule has 4 nitrogen and oxygen atoms in total. The molecule has 0 radical (unpaired) electrons. The van der Waals surface area contributed by atoms with Gasteiger partial charge in [-0.1, -0.05) is 0 Å². The van der Waals surface area contributed by atoms with Crippen LogP contribution in [0.1, 0.15) is 6.42 Å². The van der Waals surface area contributed by atoms with Crippen molar-refractivity contribution in [2.45, 2.75) is 18.4 Å². The normalized spacial score (nSPS) is 31.5. The molecule has 1 N–H and O–H groups in total. The average Bonchev–Trinajstić information content (AvgIpc) is 2.35. The van der Waals surface area contributed by atoms with Gasteiger partial charge >= 0.3 is 0 Å². The van der Waals surface area contributed by atoms with Crippen LogP contribution in [0.3, 0.4) is 0 Å². The van der Waals surface area contributed by atoms with E-state index in [1.54, 1.807) is 0 Å². The molecule has 0 aromatic heterocycles. The molecule has 2 saturated heterocycles. The fourth-order valence-corrected chi connectivity index (χ4v) is 1.70. The highest BCUT2D eigenvalue weighted by atomic mass is 19.3. The zero-order valence-electron chi connectivity index (χ0n) is 6.72. The number of amides is 2. The second-order valence-corrected chi connectivity index (χ2v) is 3.32. The second kappa shape index (κ2) is 2.40. The van der Waals surface area contributed by atoms with Crippen LogP contribution in [0.15, 0.2) is 0 Å². The number of halogens is 2. The molecular formula is C7H8F2N2O2. The Kier molecular flexibility index (Phi) is 1.55. The number of carbonyl (C=O) groups is 2. The van der Waals surface area contributed by atoms with E-state index in [0.717, 1.165) is 4.90 Å². The molecule has 0 aliphatic carbocycles. The van der Waals surface area contributed by atoms with Crippen LogP contribution in [-0.4, -0.2) is 41.8 Å². The standard InChI is InChI=1S/C7H8F2N2O2/c8-7(9)1-4-6(13)10-2-5(12)11(4)3-7/h4H,1-3H2,(H,10,13). The molecule has 0 bridgehead atoms. The molecule has 2 fully saturated rings. The number of hydrogen-bond donors (Lipinski definition) is 1. The lowest BCUT2D eigenvalue weighted by atomic mass is 10.1. The molecule has 6 heteroatoms. The maximum Gasteiger partial charge on any atom is 0.267 e. The van der Waals surface area contributed by atoms with E-state index in [0.29, 0.717) is 0 Å². The van der Waals surface area contributed by atoms with Crippen LogP contribution < -0.4 is 5.32 Å². The number of alkyl halides is 2. The van der Waals surface area contributed by atoms with Crippen molar-refractivity contribution < 1.29 is 18.4 Å². The van der Waals surface area contributed by atoms with Gasteiger partial charge in [-0.05, 0) is 0 Å². The Morgan fingerprint density at radius 2 is 2.15 bits per heavy atom. The molecule has 1 unspecified atom stereocenters. The highest BCUT2D eigenvalue weighted by Crippen LogP contribution is 2.32. The molecular weight excluding hydrogens is 182 g/mol. The second-order valence-electron chi connectivity index (χ2n) is 3.32. The summed E-state index contributed by atoms with van der Waals surface area (Å²) >= 11 is 0. The summed E-state index contributed by atoms with van der Waals surface area (Å²) in [6.07, 6.45) is -0.551. The van der Waals surface area contributed by atoms with E-state index in [9.17, 15) is 18.4 Å².